The predicted octanol–water partition coefficient (Wildman–Crippen LogP) is 10.2. The lowest BCUT2D eigenvalue weighted by Gasteiger charge is -2.29. The average Bonchev–Trinajstić information content (AvgIpc) is 2.84. The minimum Gasteiger partial charge on any atom is -0.399 e. The van der Waals surface area contributed by atoms with Crippen LogP contribution in [0.2, 0.25) is 0 Å². The maximum atomic E-state index is 15.0. The van der Waals surface area contributed by atoms with Crippen LogP contribution in [0, 0.1) is 29.3 Å². The summed E-state index contributed by atoms with van der Waals surface area (Å²) in [5.74, 6) is -3.68. The zero-order valence-corrected chi connectivity index (χ0v) is 21.2. The minimum absolute atomic E-state index is 0.0531. The Bertz CT molecular complexity index is 1090. The van der Waals surface area contributed by atoms with E-state index in [2.05, 4.69) is 11.7 Å². The first-order valence-corrected chi connectivity index (χ1v) is 13.4. The standard InChI is InChI=1S/C30H34F6O/c1-2-3-4-5-19-6-8-20(9-7-19)10-11-21-12-13-22-15-25(26(31)16-23(22)14-21)24-17-27(32)29(28(33)18-24)37-30(34,35)36/h14-20H,2-13H2,1H3. The van der Waals surface area contributed by atoms with Crippen LogP contribution in [0.4, 0.5) is 26.3 Å². The number of aryl methyl sites for hydroxylation is 1. The first-order chi connectivity index (χ1) is 17.6. The van der Waals surface area contributed by atoms with Gasteiger partial charge in [0.2, 0.25) is 5.75 Å². The highest BCUT2D eigenvalue weighted by Gasteiger charge is 2.34. The number of unbranched alkanes of at least 4 members (excludes halogenated alkanes) is 2. The van der Waals surface area contributed by atoms with Gasteiger partial charge >= 0.3 is 6.36 Å². The van der Waals surface area contributed by atoms with E-state index < -0.39 is 29.6 Å². The molecule has 0 aliphatic heterocycles. The van der Waals surface area contributed by atoms with Gasteiger partial charge in [-0.3, -0.25) is 0 Å². The van der Waals surface area contributed by atoms with E-state index in [-0.39, 0.29) is 11.1 Å². The fourth-order valence-corrected chi connectivity index (χ4v) is 5.80. The molecule has 2 aromatic carbocycles. The normalized spacial score (nSPS) is 19.9. The number of alkyl halides is 3. The summed E-state index contributed by atoms with van der Waals surface area (Å²) in [5, 5.41) is 0. The Balaban J connectivity index is 1.40. The lowest BCUT2D eigenvalue weighted by Crippen LogP contribution is -2.19. The van der Waals surface area contributed by atoms with Crippen LogP contribution in [-0.4, -0.2) is 6.36 Å². The Labute approximate surface area is 214 Å². The van der Waals surface area contributed by atoms with Gasteiger partial charge in [0.05, 0.1) is 0 Å². The van der Waals surface area contributed by atoms with Crippen molar-refractivity contribution in [1.29, 1.82) is 0 Å². The molecule has 37 heavy (non-hydrogen) atoms. The van der Waals surface area contributed by atoms with Crippen molar-refractivity contribution in [3.05, 3.63) is 58.4 Å². The third kappa shape index (κ3) is 7.32. The fourth-order valence-electron chi connectivity index (χ4n) is 5.80. The van der Waals surface area contributed by atoms with E-state index in [1.54, 1.807) is 0 Å². The molecule has 0 spiro atoms. The first kappa shape index (κ1) is 27.6. The third-order valence-corrected chi connectivity index (χ3v) is 7.89. The molecular formula is C30H34F6O. The molecule has 0 amide bonds. The van der Waals surface area contributed by atoms with Crippen LogP contribution in [0.1, 0.15) is 88.7 Å². The van der Waals surface area contributed by atoms with Gasteiger partial charge < -0.3 is 4.74 Å². The van der Waals surface area contributed by atoms with Crippen molar-refractivity contribution in [2.24, 2.45) is 11.8 Å². The summed E-state index contributed by atoms with van der Waals surface area (Å²) in [6, 6.07) is 4.22. The Hall–Kier alpha value is -2.44. The van der Waals surface area contributed by atoms with Crippen molar-refractivity contribution < 1.29 is 31.1 Å². The molecule has 0 atom stereocenters. The summed E-state index contributed by atoms with van der Waals surface area (Å²) in [5.41, 5.74) is 2.66. The van der Waals surface area contributed by atoms with Gasteiger partial charge in [0.25, 0.3) is 0 Å². The van der Waals surface area contributed by atoms with Gasteiger partial charge in [0.15, 0.2) is 11.6 Å². The highest BCUT2D eigenvalue weighted by molar-refractivity contribution is 5.71. The SMILES string of the molecule is CCCCCC1CCC(CCC2=Cc3cc(F)c(-c4cc(F)c(OC(F)(F)F)c(F)c4)cc3CC2)CC1. The molecule has 2 aromatic rings. The molecule has 0 bridgehead atoms. The third-order valence-electron chi connectivity index (χ3n) is 7.89. The summed E-state index contributed by atoms with van der Waals surface area (Å²) >= 11 is 0. The van der Waals surface area contributed by atoms with E-state index in [9.17, 15) is 26.3 Å². The van der Waals surface area contributed by atoms with E-state index in [0.717, 1.165) is 42.2 Å². The average molecular weight is 525 g/mol. The molecule has 1 nitrogen and oxygen atoms in total. The van der Waals surface area contributed by atoms with Crippen LogP contribution < -0.4 is 4.74 Å². The summed E-state index contributed by atoms with van der Waals surface area (Å²) in [6.45, 7) is 2.24. The zero-order chi connectivity index (χ0) is 26.6. The van der Waals surface area contributed by atoms with Gasteiger partial charge in [-0.25, -0.2) is 13.2 Å². The maximum absolute atomic E-state index is 15.0. The van der Waals surface area contributed by atoms with E-state index in [4.69, 9.17) is 0 Å². The second-order valence-electron chi connectivity index (χ2n) is 10.6. The van der Waals surface area contributed by atoms with Gasteiger partial charge in [-0.15, -0.1) is 13.2 Å². The highest BCUT2D eigenvalue weighted by atomic mass is 19.4. The smallest absolute Gasteiger partial charge is 0.399 e. The van der Waals surface area contributed by atoms with Gasteiger partial charge in [-0.2, -0.15) is 0 Å². The molecular weight excluding hydrogens is 490 g/mol. The number of hydrogen-bond donors (Lipinski definition) is 0. The topological polar surface area (TPSA) is 9.23 Å². The van der Waals surface area contributed by atoms with Crippen LogP contribution in [0.25, 0.3) is 17.2 Å². The Kier molecular flexibility index (Phi) is 8.91. The van der Waals surface area contributed by atoms with Crippen molar-refractivity contribution in [2.45, 2.75) is 90.3 Å². The highest BCUT2D eigenvalue weighted by Crippen LogP contribution is 2.38. The number of fused-ring (bicyclic) bond motifs is 1. The van der Waals surface area contributed by atoms with Crippen LogP contribution in [-0.2, 0) is 6.42 Å². The number of benzene rings is 2. The van der Waals surface area contributed by atoms with Crippen molar-refractivity contribution >= 4 is 6.08 Å². The molecule has 0 N–H and O–H groups in total. The summed E-state index contributed by atoms with van der Waals surface area (Å²) < 4.78 is 84.0. The number of allylic oxidation sites excluding steroid dienone is 1. The number of rotatable bonds is 9. The molecule has 0 saturated heterocycles. The van der Waals surface area contributed by atoms with E-state index in [0.29, 0.717) is 18.6 Å². The van der Waals surface area contributed by atoms with Crippen LogP contribution in [0.3, 0.4) is 0 Å². The molecule has 0 aromatic heterocycles. The zero-order valence-electron chi connectivity index (χ0n) is 21.2. The molecule has 1 saturated carbocycles. The monoisotopic (exact) mass is 524 g/mol. The molecule has 0 unspecified atom stereocenters. The van der Waals surface area contributed by atoms with Gasteiger partial charge in [-0.05, 0) is 78.5 Å². The fraction of sp³-hybridized carbons (Fsp3) is 0.533. The maximum Gasteiger partial charge on any atom is 0.573 e. The molecule has 4 rings (SSSR count). The molecule has 2 aliphatic carbocycles. The van der Waals surface area contributed by atoms with E-state index in [1.165, 1.54) is 69.1 Å². The molecule has 0 heterocycles. The quantitative estimate of drug-likeness (QED) is 0.234. The van der Waals surface area contributed by atoms with Crippen LogP contribution in [0.5, 0.6) is 5.75 Å². The van der Waals surface area contributed by atoms with Gasteiger partial charge in [0.1, 0.15) is 5.82 Å². The lowest BCUT2D eigenvalue weighted by molar-refractivity contribution is -0.276. The Morgan fingerprint density at radius 2 is 1.46 bits per heavy atom. The van der Waals surface area contributed by atoms with Crippen LogP contribution in [0.15, 0.2) is 29.8 Å². The molecule has 7 heteroatoms. The second kappa shape index (κ2) is 12.0. The summed E-state index contributed by atoms with van der Waals surface area (Å²) in [7, 11) is 0. The lowest BCUT2D eigenvalue weighted by atomic mass is 9.77. The van der Waals surface area contributed by atoms with Crippen molar-refractivity contribution in [3.8, 4) is 16.9 Å². The Morgan fingerprint density at radius 1 is 0.811 bits per heavy atom. The minimum atomic E-state index is -5.24. The predicted molar refractivity (Wildman–Crippen MR) is 134 cm³/mol. The van der Waals surface area contributed by atoms with Crippen LogP contribution >= 0.6 is 0 Å². The van der Waals surface area contributed by atoms with Crippen molar-refractivity contribution in [2.75, 3.05) is 0 Å². The largest absolute Gasteiger partial charge is 0.573 e. The number of ether oxygens (including phenoxy) is 1. The number of hydrogen-bond acceptors (Lipinski definition) is 1. The summed E-state index contributed by atoms with van der Waals surface area (Å²) in [6.07, 6.45) is 11.0. The molecule has 2 aliphatic rings. The molecule has 1 fully saturated rings. The first-order valence-electron chi connectivity index (χ1n) is 13.4. The molecule has 202 valence electrons. The number of halogens is 6. The van der Waals surface area contributed by atoms with Gasteiger partial charge in [0, 0.05) is 5.56 Å². The molecule has 0 radical (unpaired) electrons. The van der Waals surface area contributed by atoms with E-state index >= 15 is 0 Å². The van der Waals surface area contributed by atoms with Gasteiger partial charge in [-0.1, -0.05) is 69.9 Å². The Morgan fingerprint density at radius 3 is 2.08 bits per heavy atom. The van der Waals surface area contributed by atoms with E-state index in [1.807, 2.05) is 6.08 Å². The second-order valence-corrected chi connectivity index (χ2v) is 10.6. The van der Waals surface area contributed by atoms with Crippen molar-refractivity contribution in [1.82, 2.24) is 0 Å². The van der Waals surface area contributed by atoms with Crippen molar-refractivity contribution in [3.63, 3.8) is 0 Å². The summed E-state index contributed by atoms with van der Waals surface area (Å²) in [4.78, 5) is 0.